The molecule has 0 saturated carbocycles. The molecule has 1 aromatic heterocycles. The van der Waals surface area contributed by atoms with E-state index in [1.165, 1.54) is 0 Å². The molecular weight excluding hydrogens is 330 g/mol. The summed E-state index contributed by atoms with van der Waals surface area (Å²) in [5.41, 5.74) is 0. The average Bonchev–Trinajstić information content (AvgIpc) is 2.78. The Hall–Kier alpha value is -0.880. The lowest BCUT2D eigenvalue weighted by atomic mass is 9.99. The number of carbonyl (C=O) groups excluding carboxylic acids is 1. The summed E-state index contributed by atoms with van der Waals surface area (Å²) in [5, 5.41) is 13.7. The highest BCUT2D eigenvalue weighted by molar-refractivity contribution is 9.10. The normalized spacial score (nSPS) is 13.8. The van der Waals surface area contributed by atoms with Gasteiger partial charge in [0.15, 0.2) is 0 Å². The molecule has 0 aliphatic carbocycles. The van der Waals surface area contributed by atoms with Crippen molar-refractivity contribution in [3.8, 4) is 0 Å². The number of hydrogen-bond acceptors (Lipinski definition) is 3. The van der Waals surface area contributed by atoms with Crippen LogP contribution in [0.25, 0.3) is 0 Å². The van der Waals surface area contributed by atoms with Crippen LogP contribution in [0.1, 0.15) is 31.6 Å². The summed E-state index contributed by atoms with van der Waals surface area (Å²) in [5.74, 6) is -1.25. The second-order valence-electron chi connectivity index (χ2n) is 4.50. The van der Waals surface area contributed by atoms with Crippen LogP contribution in [-0.2, 0) is 16.0 Å². The van der Waals surface area contributed by atoms with Gasteiger partial charge in [-0.1, -0.05) is 20.3 Å². The molecule has 4 nitrogen and oxygen atoms in total. The number of aliphatic carboxylic acids is 1. The van der Waals surface area contributed by atoms with Crippen LogP contribution in [0.5, 0.6) is 0 Å². The summed E-state index contributed by atoms with van der Waals surface area (Å²) < 4.78 is 1.01. The van der Waals surface area contributed by atoms with E-state index in [0.717, 1.165) is 15.8 Å². The Labute approximate surface area is 125 Å². The third kappa shape index (κ3) is 5.32. The van der Waals surface area contributed by atoms with Crippen LogP contribution >= 0.6 is 27.3 Å². The van der Waals surface area contributed by atoms with Crippen molar-refractivity contribution < 1.29 is 14.7 Å². The number of nitrogens with one attached hydrogen (secondary N) is 1. The lowest BCUT2D eigenvalue weighted by Crippen LogP contribution is -2.45. The summed E-state index contributed by atoms with van der Waals surface area (Å²) in [6.45, 7) is 3.74. The number of carbonyl (C=O) groups is 2. The number of hydrogen-bond donors (Lipinski definition) is 2. The Morgan fingerprint density at radius 3 is 2.68 bits per heavy atom. The highest BCUT2D eigenvalue weighted by Crippen LogP contribution is 2.20. The number of aryl methyl sites for hydroxylation is 1. The van der Waals surface area contributed by atoms with Crippen molar-refractivity contribution in [2.24, 2.45) is 5.92 Å². The fourth-order valence-electron chi connectivity index (χ4n) is 1.65. The molecule has 0 bridgehead atoms. The molecule has 1 aromatic rings. The fourth-order valence-corrected chi connectivity index (χ4v) is 3.11. The van der Waals surface area contributed by atoms with E-state index in [1.54, 1.807) is 11.3 Å². The zero-order valence-corrected chi connectivity index (χ0v) is 13.4. The molecule has 0 aliphatic rings. The molecule has 0 aliphatic heterocycles. The maximum absolute atomic E-state index is 11.8. The minimum Gasteiger partial charge on any atom is -0.480 e. The summed E-state index contributed by atoms with van der Waals surface area (Å²) in [4.78, 5) is 24.0. The SMILES string of the molecule is CC[C@H](C)[C@H](NC(=O)CCc1cc(Br)cs1)C(=O)O. The lowest BCUT2D eigenvalue weighted by Gasteiger charge is -2.20. The predicted octanol–water partition coefficient (Wildman–Crippen LogP) is 3.06. The standard InChI is InChI=1S/C13H18BrNO3S/c1-3-8(2)12(13(17)18)15-11(16)5-4-10-6-9(14)7-19-10/h6-8,12H,3-5H2,1-2H3,(H,15,16)(H,17,18)/t8-,12-/m0/s1. The molecule has 6 heteroatoms. The molecule has 19 heavy (non-hydrogen) atoms. The van der Waals surface area contributed by atoms with Crippen LogP contribution in [0.15, 0.2) is 15.9 Å². The van der Waals surface area contributed by atoms with Gasteiger partial charge in [-0.2, -0.15) is 0 Å². The smallest absolute Gasteiger partial charge is 0.326 e. The van der Waals surface area contributed by atoms with Crippen LogP contribution in [0, 0.1) is 5.92 Å². The number of carboxylic acid groups (broad SMARTS) is 1. The van der Waals surface area contributed by atoms with Crippen molar-refractivity contribution in [2.75, 3.05) is 0 Å². The van der Waals surface area contributed by atoms with Gasteiger partial charge < -0.3 is 10.4 Å². The Kier molecular flexibility index (Phi) is 6.51. The Morgan fingerprint density at radius 2 is 2.21 bits per heavy atom. The van der Waals surface area contributed by atoms with Crippen LogP contribution < -0.4 is 5.32 Å². The highest BCUT2D eigenvalue weighted by Gasteiger charge is 2.24. The average molecular weight is 348 g/mol. The van der Waals surface area contributed by atoms with E-state index in [9.17, 15) is 9.59 Å². The van der Waals surface area contributed by atoms with E-state index in [1.807, 2.05) is 25.3 Å². The molecule has 0 aromatic carbocycles. The Bertz CT molecular complexity index is 447. The number of carboxylic acids is 1. The first-order chi connectivity index (χ1) is 8.93. The Balaban J connectivity index is 2.46. The summed E-state index contributed by atoms with van der Waals surface area (Å²) in [6.07, 6.45) is 1.66. The van der Waals surface area contributed by atoms with E-state index >= 15 is 0 Å². The quantitative estimate of drug-likeness (QED) is 0.796. The number of rotatable bonds is 7. The van der Waals surface area contributed by atoms with Crippen molar-refractivity contribution in [2.45, 2.75) is 39.2 Å². The van der Waals surface area contributed by atoms with Crippen LogP contribution in [0.4, 0.5) is 0 Å². The summed E-state index contributed by atoms with van der Waals surface area (Å²) in [7, 11) is 0. The molecule has 2 N–H and O–H groups in total. The second kappa shape index (κ2) is 7.65. The molecule has 0 radical (unpaired) electrons. The molecule has 106 valence electrons. The minimum absolute atomic E-state index is 0.0719. The molecule has 0 unspecified atom stereocenters. The molecule has 0 fully saturated rings. The minimum atomic E-state index is -0.971. The molecule has 1 rings (SSSR count). The first-order valence-electron chi connectivity index (χ1n) is 6.19. The summed E-state index contributed by atoms with van der Waals surface area (Å²) in [6, 6.07) is 1.17. The zero-order valence-electron chi connectivity index (χ0n) is 11.0. The molecular formula is C13H18BrNO3S. The van der Waals surface area contributed by atoms with Crippen LogP contribution in [0.3, 0.4) is 0 Å². The van der Waals surface area contributed by atoms with Gasteiger partial charge in [-0.3, -0.25) is 4.79 Å². The van der Waals surface area contributed by atoms with Crippen molar-refractivity contribution in [1.82, 2.24) is 5.32 Å². The van der Waals surface area contributed by atoms with E-state index in [-0.39, 0.29) is 11.8 Å². The van der Waals surface area contributed by atoms with Gasteiger partial charge in [-0.15, -0.1) is 11.3 Å². The molecule has 0 spiro atoms. The topological polar surface area (TPSA) is 66.4 Å². The first kappa shape index (κ1) is 16.2. The van der Waals surface area contributed by atoms with Crippen molar-refractivity contribution in [3.63, 3.8) is 0 Å². The maximum atomic E-state index is 11.8. The van der Waals surface area contributed by atoms with Gasteiger partial charge in [0.1, 0.15) is 6.04 Å². The number of halogens is 1. The molecule has 2 atom stereocenters. The van der Waals surface area contributed by atoms with Crippen molar-refractivity contribution in [3.05, 3.63) is 20.8 Å². The highest BCUT2D eigenvalue weighted by atomic mass is 79.9. The first-order valence-corrected chi connectivity index (χ1v) is 7.86. The summed E-state index contributed by atoms with van der Waals surface area (Å²) >= 11 is 4.94. The van der Waals surface area contributed by atoms with Crippen molar-refractivity contribution in [1.29, 1.82) is 0 Å². The predicted molar refractivity (Wildman–Crippen MR) is 79.4 cm³/mol. The fraction of sp³-hybridized carbons (Fsp3) is 0.538. The van der Waals surface area contributed by atoms with Gasteiger partial charge in [0, 0.05) is 21.2 Å². The van der Waals surface area contributed by atoms with E-state index in [2.05, 4.69) is 21.2 Å². The van der Waals surface area contributed by atoms with Gasteiger partial charge >= 0.3 is 5.97 Å². The van der Waals surface area contributed by atoms with Gasteiger partial charge in [0.2, 0.25) is 5.91 Å². The monoisotopic (exact) mass is 347 g/mol. The third-order valence-corrected chi connectivity index (χ3v) is 4.77. The van der Waals surface area contributed by atoms with Gasteiger partial charge in [0.25, 0.3) is 0 Å². The maximum Gasteiger partial charge on any atom is 0.326 e. The second-order valence-corrected chi connectivity index (χ2v) is 6.41. The van der Waals surface area contributed by atoms with E-state index in [0.29, 0.717) is 12.8 Å². The number of amides is 1. The largest absolute Gasteiger partial charge is 0.480 e. The van der Waals surface area contributed by atoms with Gasteiger partial charge in [0.05, 0.1) is 0 Å². The molecule has 1 amide bonds. The Morgan fingerprint density at radius 1 is 1.53 bits per heavy atom. The van der Waals surface area contributed by atoms with Crippen LogP contribution in [-0.4, -0.2) is 23.0 Å². The van der Waals surface area contributed by atoms with E-state index in [4.69, 9.17) is 5.11 Å². The molecule has 1 heterocycles. The van der Waals surface area contributed by atoms with E-state index < -0.39 is 12.0 Å². The van der Waals surface area contributed by atoms with Crippen molar-refractivity contribution >= 4 is 39.1 Å². The molecule has 0 saturated heterocycles. The third-order valence-electron chi connectivity index (χ3n) is 3.02. The van der Waals surface area contributed by atoms with Gasteiger partial charge in [-0.05, 0) is 34.3 Å². The lowest BCUT2D eigenvalue weighted by molar-refractivity contribution is -0.143. The zero-order chi connectivity index (χ0) is 14.4. The van der Waals surface area contributed by atoms with Gasteiger partial charge in [-0.25, -0.2) is 4.79 Å². The number of thiophene rings is 1. The van der Waals surface area contributed by atoms with Crippen LogP contribution in [0.2, 0.25) is 0 Å².